The normalized spacial score (nSPS) is 21.7. The van der Waals surface area contributed by atoms with Gasteiger partial charge in [-0.25, -0.2) is 0 Å². The number of carbonyl (C=O) groups excluding carboxylic acids is 1. The van der Waals surface area contributed by atoms with Gasteiger partial charge in [-0.2, -0.15) is 0 Å². The third kappa shape index (κ3) is 3.32. The van der Waals surface area contributed by atoms with Crippen LogP contribution in [0.5, 0.6) is 0 Å². The van der Waals surface area contributed by atoms with Gasteiger partial charge in [-0.1, -0.05) is 41.9 Å². The summed E-state index contributed by atoms with van der Waals surface area (Å²) in [6, 6.07) is 13.2. The van der Waals surface area contributed by atoms with Crippen LogP contribution in [0.15, 0.2) is 42.5 Å². The van der Waals surface area contributed by atoms with Crippen molar-refractivity contribution in [2.45, 2.75) is 18.8 Å². The molecule has 1 aromatic heterocycles. The number of hydrogen-bond acceptors (Lipinski definition) is 3. The SMILES string of the molecule is CC(C(=O)N1C[C@H](C(=O)O)[C@H](c2ccccc2)C1)c1ccc(Cl)s1. The Balaban J connectivity index is 1.80. The van der Waals surface area contributed by atoms with Gasteiger partial charge in [0.2, 0.25) is 5.91 Å². The van der Waals surface area contributed by atoms with Gasteiger partial charge in [0.15, 0.2) is 0 Å². The quantitative estimate of drug-likeness (QED) is 0.898. The molecule has 0 aliphatic carbocycles. The number of hydrogen-bond donors (Lipinski definition) is 1. The molecule has 0 spiro atoms. The smallest absolute Gasteiger partial charge is 0.308 e. The maximum Gasteiger partial charge on any atom is 0.308 e. The van der Waals surface area contributed by atoms with E-state index in [1.807, 2.05) is 43.3 Å². The molecule has 1 N–H and O–H groups in total. The van der Waals surface area contributed by atoms with Crippen LogP contribution in [-0.4, -0.2) is 35.0 Å². The first-order valence-corrected chi connectivity index (χ1v) is 8.98. The molecule has 1 fully saturated rings. The summed E-state index contributed by atoms with van der Waals surface area (Å²) in [5.74, 6) is -1.96. The molecule has 4 nitrogen and oxygen atoms in total. The summed E-state index contributed by atoms with van der Waals surface area (Å²) < 4.78 is 0.650. The number of likely N-dealkylation sites (tertiary alicyclic amines) is 1. The number of benzene rings is 1. The van der Waals surface area contributed by atoms with Crippen LogP contribution in [0.1, 0.15) is 29.2 Å². The Bertz CT molecular complexity index is 746. The summed E-state index contributed by atoms with van der Waals surface area (Å²) in [5.41, 5.74) is 0.965. The second-order valence-corrected chi connectivity index (χ2v) is 7.82. The molecule has 2 heterocycles. The zero-order valence-corrected chi connectivity index (χ0v) is 14.8. The summed E-state index contributed by atoms with van der Waals surface area (Å²) in [5, 5.41) is 9.55. The average Bonchev–Trinajstić information content (AvgIpc) is 3.21. The first kappa shape index (κ1) is 17.0. The third-order valence-electron chi connectivity index (χ3n) is 4.57. The Morgan fingerprint density at radius 1 is 1.21 bits per heavy atom. The number of carboxylic acid groups (broad SMARTS) is 1. The van der Waals surface area contributed by atoms with E-state index < -0.39 is 11.9 Å². The van der Waals surface area contributed by atoms with E-state index in [0.717, 1.165) is 10.4 Å². The van der Waals surface area contributed by atoms with Crippen molar-refractivity contribution >= 4 is 34.8 Å². The number of aliphatic carboxylic acids is 1. The lowest BCUT2D eigenvalue weighted by Crippen LogP contribution is -2.33. The van der Waals surface area contributed by atoms with Crippen LogP contribution < -0.4 is 0 Å². The standard InChI is InChI=1S/C18H18ClNO3S/c1-11(15-7-8-16(19)24-15)17(21)20-9-13(14(10-20)18(22)23)12-5-3-2-4-6-12/h2-8,11,13-14H,9-10H2,1H3,(H,22,23)/t11?,13-,14-/m0/s1. The fourth-order valence-corrected chi connectivity index (χ4v) is 4.33. The highest BCUT2D eigenvalue weighted by molar-refractivity contribution is 7.16. The maximum atomic E-state index is 12.8. The molecule has 3 rings (SSSR count). The minimum absolute atomic E-state index is 0.0433. The van der Waals surface area contributed by atoms with Gasteiger partial charge in [0.1, 0.15) is 0 Å². The van der Waals surface area contributed by atoms with Crippen LogP contribution >= 0.6 is 22.9 Å². The molecule has 6 heteroatoms. The van der Waals surface area contributed by atoms with E-state index >= 15 is 0 Å². The number of nitrogens with zero attached hydrogens (tertiary/aromatic N) is 1. The Kier molecular flexibility index (Phi) is 4.92. The van der Waals surface area contributed by atoms with E-state index in [-0.39, 0.29) is 24.3 Å². The fraction of sp³-hybridized carbons (Fsp3) is 0.333. The van der Waals surface area contributed by atoms with Crippen molar-refractivity contribution < 1.29 is 14.7 Å². The van der Waals surface area contributed by atoms with E-state index in [2.05, 4.69) is 0 Å². The summed E-state index contributed by atoms with van der Waals surface area (Å²) in [4.78, 5) is 27.0. The van der Waals surface area contributed by atoms with Crippen molar-refractivity contribution in [3.05, 3.63) is 57.2 Å². The molecule has 1 saturated heterocycles. The zero-order chi connectivity index (χ0) is 17.3. The monoisotopic (exact) mass is 363 g/mol. The lowest BCUT2D eigenvalue weighted by atomic mass is 9.89. The van der Waals surface area contributed by atoms with Crippen molar-refractivity contribution in [1.29, 1.82) is 0 Å². The second kappa shape index (κ2) is 6.95. The first-order valence-electron chi connectivity index (χ1n) is 7.79. The molecule has 2 aromatic rings. The average molecular weight is 364 g/mol. The Hall–Kier alpha value is -1.85. The number of thiophene rings is 1. The summed E-state index contributed by atoms with van der Waals surface area (Å²) in [7, 11) is 0. The Labute approximate surface area is 149 Å². The van der Waals surface area contributed by atoms with Crippen LogP contribution in [0, 0.1) is 5.92 Å². The van der Waals surface area contributed by atoms with Crippen molar-refractivity contribution in [3.8, 4) is 0 Å². The molecule has 1 aliphatic rings. The number of halogens is 1. The molecule has 0 radical (unpaired) electrons. The van der Waals surface area contributed by atoms with Gasteiger partial charge >= 0.3 is 5.97 Å². The lowest BCUT2D eigenvalue weighted by molar-refractivity contribution is -0.141. The van der Waals surface area contributed by atoms with Crippen LogP contribution in [-0.2, 0) is 9.59 Å². The minimum Gasteiger partial charge on any atom is -0.481 e. The van der Waals surface area contributed by atoms with Crippen LogP contribution in [0.2, 0.25) is 4.34 Å². The molecule has 1 aliphatic heterocycles. The molecule has 1 unspecified atom stereocenters. The molecule has 1 aromatic carbocycles. The van der Waals surface area contributed by atoms with Gasteiger partial charge in [-0.15, -0.1) is 11.3 Å². The number of carboxylic acids is 1. The molecule has 0 bridgehead atoms. The molecule has 0 saturated carbocycles. The maximum absolute atomic E-state index is 12.8. The van der Waals surface area contributed by atoms with Gasteiger partial charge in [0, 0.05) is 23.9 Å². The molecular formula is C18H18ClNO3S. The zero-order valence-electron chi connectivity index (χ0n) is 13.2. The molecule has 126 valence electrons. The van der Waals surface area contributed by atoms with Crippen molar-refractivity contribution in [1.82, 2.24) is 4.90 Å². The predicted octanol–water partition coefficient (Wildman–Crippen LogP) is 3.83. The molecule has 1 amide bonds. The Morgan fingerprint density at radius 3 is 2.50 bits per heavy atom. The minimum atomic E-state index is -0.856. The predicted molar refractivity (Wildman–Crippen MR) is 94.6 cm³/mol. The molecular weight excluding hydrogens is 346 g/mol. The number of rotatable bonds is 4. The van der Waals surface area contributed by atoms with Crippen LogP contribution in [0.4, 0.5) is 0 Å². The molecule has 24 heavy (non-hydrogen) atoms. The van der Waals surface area contributed by atoms with Gasteiger partial charge in [-0.3, -0.25) is 9.59 Å². The topological polar surface area (TPSA) is 57.6 Å². The molecule has 3 atom stereocenters. The van der Waals surface area contributed by atoms with Crippen molar-refractivity contribution in [2.24, 2.45) is 5.92 Å². The second-order valence-electron chi connectivity index (χ2n) is 6.07. The van der Waals surface area contributed by atoms with Crippen molar-refractivity contribution in [2.75, 3.05) is 13.1 Å². The van der Waals surface area contributed by atoms with E-state index in [9.17, 15) is 14.7 Å². The van der Waals surface area contributed by atoms with Crippen LogP contribution in [0.3, 0.4) is 0 Å². The van der Waals surface area contributed by atoms with Gasteiger partial charge in [-0.05, 0) is 24.6 Å². The van der Waals surface area contributed by atoms with E-state index in [4.69, 9.17) is 11.6 Å². The highest BCUT2D eigenvalue weighted by Crippen LogP contribution is 2.36. The van der Waals surface area contributed by atoms with Gasteiger partial charge in [0.25, 0.3) is 0 Å². The van der Waals surface area contributed by atoms with Gasteiger partial charge in [0.05, 0.1) is 16.2 Å². The van der Waals surface area contributed by atoms with Crippen LogP contribution in [0.25, 0.3) is 0 Å². The summed E-state index contributed by atoms with van der Waals surface area (Å²) in [6.07, 6.45) is 0. The highest BCUT2D eigenvalue weighted by atomic mass is 35.5. The largest absolute Gasteiger partial charge is 0.481 e. The van der Waals surface area contributed by atoms with E-state index in [0.29, 0.717) is 10.9 Å². The fourth-order valence-electron chi connectivity index (χ4n) is 3.23. The number of amides is 1. The third-order valence-corrected chi connectivity index (χ3v) is 5.98. The van der Waals surface area contributed by atoms with E-state index in [1.165, 1.54) is 11.3 Å². The highest BCUT2D eigenvalue weighted by Gasteiger charge is 2.41. The van der Waals surface area contributed by atoms with Crippen molar-refractivity contribution in [3.63, 3.8) is 0 Å². The van der Waals surface area contributed by atoms with Gasteiger partial charge < -0.3 is 10.0 Å². The summed E-state index contributed by atoms with van der Waals surface area (Å²) >= 11 is 7.34. The summed E-state index contributed by atoms with van der Waals surface area (Å²) in [6.45, 7) is 2.52. The van der Waals surface area contributed by atoms with E-state index in [1.54, 1.807) is 11.0 Å². The Morgan fingerprint density at radius 2 is 1.92 bits per heavy atom. The lowest BCUT2D eigenvalue weighted by Gasteiger charge is -2.20. The first-order chi connectivity index (χ1) is 11.5. The number of carbonyl (C=O) groups is 2.